The molecule has 76 valence electrons. The molecule has 2 heteroatoms. The second-order valence-electron chi connectivity index (χ2n) is 4.19. The molecule has 0 fully saturated rings. The van der Waals surface area contributed by atoms with Gasteiger partial charge in [-0.25, -0.2) is 0 Å². The molecule has 1 atom stereocenters. The van der Waals surface area contributed by atoms with E-state index in [0.717, 1.165) is 24.3 Å². The third-order valence-electron chi connectivity index (χ3n) is 3.26. The van der Waals surface area contributed by atoms with Crippen molar-refractivity contribution in [1.82, 2.24) is 0 Å². The zero-order chi connectivity index (χ0) is 10.3. The van der Waals surface area contributed by atoms with E-state index in [-0.39, 0.29) is 6.04 Å². The standard InChI is InChI=1S/C12H16ClN/c1-7-6-10(13)9-4-3-5-11(14)12(9)8(7)2/h6,11H,3-5,14H2,1-2H3/t11-/m0/s1. The molecule has 2 N–H and O–H groups in total. The Bertz CT molecular complexity index is 371. The highest BCUT2D eigenvalue weighted by Gasteiger charge is 2.21. The molecular formula is C12H16ClN. The number of halogens is 1. The highest BCUT2D eigenvalue weighted by molar-refractivity contribution is 6.31. The minimum Gasteiger partial charge on any atom is -0.324 e. The van der Waals surface area contributed by atoms with E-state index < -0.39 is 0 Å². The topological polar surface area (TPSA) is 26.0 Å². The number of hydrogen-bond acceptors (Lipinski definition) is 1. The van der Waals surface area contributed by atoms with Crippen molar-refractivity contribution in [2.24, 2.45) is 5.73 Å². The zero-order valence-corrected chi connectivity index (χ0v) is 9.49. The molecule has 0 radical (unpaired) electrons. The normalized spacial score (nSPS) is 20.7. The molecule has 0 amide bonds. The first-order chi connectivity index (χ1) is 6.61. The van der Waals surface area contributed by atoms with E-state index in [2.05, 4.69) is 19.9 Å². The lowest BCUT2D eigenvalue weighted by Gasteiger charge is -2.26. The van der Waals surface area contributed by atoms with Crippen molar-refractivity contribution in [2.75, 3.05) is 0 Å². The maximum Gasteiger partial charge on any atom is 0.0444 e. The monoisotopic (exact) mass is 209 g/mol. The van der Waals surface area contributed by atoms with Crippen LogP contribution in [0.15, 0.2) is 6.07 Å². The Morgan fingerprint density at radius 3 is 2.86 bits per heavy atom. The minimum atomic E-state index is 0.191. The van der Waals surface area contributed by atoms with Gasteiger partial charge in [0.2, 0.25) is 0 Å². The van der Waals surface area contributed by atoms with Crippen LogP contribution in [0.5, 0.6) is 0 Å². The summed E-state index contributed by atoms with van der Waals surface area (Å²) in [5.74, 6) is 0. The molecule has 0 unspecified atom stereocenters. The van der Waals surface area contributed by atoms with Crippen LogP contribution in [0.3, 0.4) is 0 Å². The predicted molar refractivity (Wildman–Crippen MR) is 60.8 cm³/mol. The number of benzene rings is 1. The lowest BCUT2D eigenvalue weighted by Crippen LogP contribution is -2.19. The molecule has 0 saturated carbocycles. The molecule has 1 nitrogen and oxygen atoms in total. The molecule has 1 aliphatic carbocycles. The summed E-state index contributed by atoms with van der Waals surface area (Å²) in [4.78, 5) is 0. The molecule has 1 aliphatic rings. The maximum absolute atomic E-state index is 6.23. The second-order valence-corrected chi connectivity index (χ2v) is 4.60. The molecular weight excluding hydrogens is 194 g/mol. The van der Waals surface area contributed by atoms with Gasteiger partial charge in [-0.1, -0.05) is 11.6 Å². The molecule has 0 spiro atoms. The Labute approximate surface area is 90.3 Å². The summed E-state index contributed by atoms with van der Waals surface area (Å²) in [5.41, 5.74) is 11.3. The quantitative estimate of drug-likeness (QED) is 0.697. The van der Waals surface area contributed by atoms with Gasteiger partial charge in [0.15, 0.2) is 0 Å². The SMILES string of the molecule is Cc1cc(Cl)c2c(c1C)[C@@H](N)CCC2. The van der Waals surface area contributed by atoms with Crippen molar-refractivity contribution in [3.05, 3.63) is 33.3 Å². The van der Waals surface area contributed by atoms with Crippen LogP contribution >= 0.6 is 11.6 Å². The van der Waals surface area contributed by atoms with Gasteiger partial charge in [-0.05, 0) is 61.4 Å². The molecule has 2 rings (SSSR count). The lowest BCUT2D eigenvalue weighted by atomic mass is 9.84. The number of hydrogen-bond donors (Lipinski definition) is 1. The van der Waals surface area contributed by atoms with Crippen LogP contribution in [0.25, 0.3) is 0 Å². The van der Waals surface area contributed by atoms with Crippen LogP contribution in [0, 0.1) is 13.8 Å². The van der Waals surface area contributed by atoms with Crippen molar-refractivity contribution in [1.29, 1.82) is 0 Å². The van der Waals surface area contributed by atoms with Gasteiger partial charge < -0.3 is 5.73 Å². The number of aryl methyl sites for hydroxylation is 1. The van der Waals surface area contributed by atoms with Gasteiger partial charge in [-0.15, -0.1) is 0 Å². The molecule has 0 heterocycles. The Morgan fingerprint density at radius 2 is 2.14 bits per heavy atom. The van der Waals surface area contributed by atoms with Crippen LogP contribution in [0.2, 0.25) is 5.02 Å². The number of rotatable bonds is 0. The van der Waals surface area contributed by atoms with Gasteiger partial charge in [-0.3, -0.25) is 0 Å². The molecule has 0 aliphatic heterocycles. The highest BCUT2D eigenvalue weighted by Crippen LogP contribution is 2.36. The lowest BCUT2D eigenvalue weighted by molar-refractivity contribution is 0.567. The van der Waals surface area contributed by atoms with Crippen LogP contribution < -0.4 is 5.73 Å². The summed E-state index contributed by atoms with van der Waals surface area (Å²) < 4.78 is 0. The Balaban J connectivity index is 2.67. The number of fused-ring (bicyclic) bond motifs is 1. The van der Waals surface area contributed by atoms with Gasteiger partial charge in [0, 0.05) is 11.1 Å². The highest BCUT2D eigenvalue weighted by atomic mass is 35.5. The Hall–Kier alpha value is -0.530. The first kappa shape index (κ1) is 10.0. The van der Waals surface area contributed by atoms with E-state index in [1.807, 2.05) is 0 Å². The van der Waals surface area contributed by atoms with Crippen molar-refractivity contribution >= 4 is 11.6 Å². The van der Waals surface area contributed by atoms with Crippen molar-refractivity contribution in [3.63, 3.8) is 0 Å². The first-order valence-corrected chi connectivity index (χ1v) is 5.53. The Morgan fingerprint density at radius 1 is 1.43 bits per heavy atom. The van der Waals surface area contributed by atoms with Gasteiger partial charge >= 0.3 is 0 Å². The maximum atomic E-state index is 6.23. The first-order valence-electron chi connectivity index (χ1n) is 5.15. The average molecular weight is 210 g/mol. The van der Waals surface area contributed by atoms with Crippen LogP contribution in [0.1, 0.15) is 41.1 Å². The third-order valence-corrected chi connectivity index (χ3v) is 3.60. The van der Waals surface area contributed by atoms with Crippen LogP contribution in [0.4, 0.5) is 0 Å². The predicted octanol–water partition coefficient (Wildman–Crippen LogP) is 3.29. The second kappa shape index (κ2) is 3.56. The molecule has 1 aromatic carbocycles. The fraction of sp³-hybridized carbons (Fsp3) is 0.500. The minimum absolute atomic E-state index is 0.191. The summed E-state index contributed by atoms with van der Waals surface area (Å²) in [6, 6.07) is 2.25. The molecule has 0 saturated heterocycles. The van der Waals surface area contributed by atoms with E-state index in [1.165, 1.54) is 22.3 Å². The van der Waals surface area contributed by atoms with E-state index in [1.54, 1.807) is 0 Å². The summed E-state index contributed by atoms with van der Waals surface area (Å²) in [6.45, 7) is 4.25. The average Bonchev–Trinajstić information content (AvgIpc) is 2.14. The van der Waals surface area contributed by atoms with Crippen molar-refractivity contribution < 1.29 is 0 Å². The fourth-order valence-electron chi connectivity index (χ4n) is 2.35. The van der Waals surface area contributed by atoms with Gasteiger partial charge in [0.1, 0.15) is 0 Å². The Kier molecular flexibility index (Phi) is 2.54. The molecule has 1 aromatic rings. The molecule has 0 bridgehead atoms. The van der Waals surface area contributed by atoms with Crippen molar-refractivity contribution in [2.45, 2.75) is 39.2 Å². The van der Waals surface area contributed by atoms with Crippen LogP contribution in [-0.4, -0.2) is 0 Å². The van der Waals surface area contributed by atoms with Crippen molar-refractivity contribution in [3.8, 4) is 0 Å². The summed E-state index contributed by atoms with van der Waals surface area (Å²) >= 11 is 6.23. The summed E-state index contributed by atoms with van der Waals surface area (Å²) in [6.07, 6.45) is 3.34. The largest absolute Gasteiger partial charge is 0.324 e. The fourth-order valence-corrected chi connectivity index (χ4v) is 2.71. The van der Waals surface area contributed by atoms with E-state index >= 15 is 0 Å². The van der Waals surface area contributed by atoms with E-state index in [9.17, 15) is 0 Å². The van der Waals surface area contributed by atoms with Gasteiger partial charge in [0.25, 0.3) is 0 Å². The smallest absolute Gasteiger partial charge is 0.0444 e. The van der Waals surface area contributed by atoms with Crippen LogP contribution in [-0.2, 0) is 6.42 Å². The van der Waals surface area contributed by atoms with E-state index in [0.29, 0.717) is 0 Å². The molecule has 0 aromatic heterocycles. The number of nitrogens with two attached hydrogens (primary N) is 1. The summed E-state index contributed by atoms with van der Waals surface area (Å²) in [5, 5.41) is 0.901. The summed E-state index contributed by atoms with van der Waals surface area (Å²) in [7, 11) is 0. The zero-order valence-electron chi connectivity index (χ0n) is 8.73. The van der Waals surface area contributed by atoms with Gasteiger partial charge in [0.05, 0.1) is 0 Å². The van der Waals surface area contributed by atoms with Gasteiger partial charge in [-0.2, -0.15) is 0 Å². The third kappa shape index (κ3) is 1.45. The molecule has 14 heavy (non-hydrogen) atoms. The van der Waals surface area contributed by atoms with E-state index in [4.69, 9.17) is 17.3 Å².